The van der Waals surface area contributed by atoms with Crippen molar-refractivity contribution < 1.29 is 18.0 Å². The number of nitrogens with zero attached hydrogens (tertiary/aromatic N) is 2. The summed E-state index contributed by atoms with van der Waals surface area (Å²) in [5.41, 5.74) is 1.59. The van der Waals surface area contributed by atoms with Crippen LogP contribution in [-0.4, -0.2) is 55.6 Å². The lowest BCUT2D eigenvalue weighted by atomic mass is 10.0. The van der Waals surface area contributed by atoms with E-state index >= 15 is 0 Å². The van der Waals surface area contributed by atoms with Crippen molar-refractivity contribution in [2.45, 2.75) is 34.5 Å². The summed E-state index contributed by atoms with van der Waals surface area (Å²) in [6.45, 7) is 4.67. The number of anilines is 1. The van der Waals surface area contributed by atoms with Crippen LogP contribution in [0.3, 0.4) is 0 Å². The molecule has 1 N–H and O–H groups in total. The van der Waals surface area contributed by atoms with Gasteiger partial charge in [-0.3, -0.25) is 9.59 Å². The molecule has 1 saturated heterocycles. The van der Waals surface area contributed by atoms with Crippen molar-refractivity contribution in [1.82, 2.24) is 9.21 Å². The van der Waals surface area contributed by atoms with Gasteiger partial charge in [-0.1, -0.05) is 53.7 Å². The van der Waals surface area contributed by atoms with E-state index in [1.165, 1.54) is 9.21 Å². The number of amides is 2. The summed E-state index contributed by atoms with van der Waals surface area (Å²) in [6, 6.07) is 22.1. The molecular formula is C27H28BrN3O4S2. The van der Waals surface area contributed by atoms with Crippen LogP contribution in [0.5, 0.6) is 0 Å². The van der Waals surface area contributed by atoms with E-state index in [1.54, 1.807) is 36.0 Å². The molecule has 0 bridgehead atoms. The first-order chi connectivity index (χ1) is 17.6. The van der Waals surface area contributed by atoms with Crippen LogP contribution in [0.1, 0.15) is 25.3 Å². The Hall–Kier alpha value is -2.66. The summed E-state index contributed by atoms with van der Waals surface area (Å²) in [4.78, 5) is 29.0. The highest BCUT2D eigenvalue weighted by Crippen LogP contribution is 2.29. The van der Waals surface area contributed by atoms with Crippen LogP contribution in [0.25, 0.3) is 0 Å². The standard InChI is InChI=1S/C27H28BrN3O4S2/c1-19(2)20-3-13-25(14-4-20)37(34,35)31-17-15-30(16-18-31)27(33)26(32)29-22-7-11-24(12-8-22)36-23-9-5-21(28)6-10-23/h3-14,19H,15-18H2,1-2H3,(H,29,32). The molecule has 1 fully saturated rings. The zero-order valence-corrected chi connectivity index (χ0v) is 23.8. The molecule has 3 aromatic carbocycles. The van der Waals surface area contributed by atoms with E-state index in [9.17, 15) is 18.0 Å². The molecule has 7 nitrogen and oxygen atoms in total. The number of benzene rings is 3. The Morgan fingerprint density at radius 1 is 0.838 bits per heavy atom. The largest absolute Gasteiger partial charge is 0.332 e. The molecule has 10 heteroatoms. The molecule has 0 aromatic heterocycles. The zero-order valence-electron chi connectivity index (χ0n) is 20.6. The van der Waals surface area contributed by atoms with Crippen molar-refractivity contribution in [1.29, 1.82) is 0 Å². The third-order valence-electron chi connectivity index (χ3n) is 6.07. The van der Waals surface area contributed by atoms with Crippen molar-refractivity contribution in [3.8, 4) is 0 Å². The predicted octanol–water partition coefficient (Wildman–Crippen LogP) is 5.20. The average Bonchev–Trinajstić information content (AvgIpc) is 2.90. The third-order valence-corrected chi connectivity index (χ3v) is 9.52. The number of rotatable bonds is 6. The van der Waals surface area contributed by atoms with Gasteiger partial charge in [0.1, 0.15) is 0 Å². The SMILES string of the molecule is CC(C)c1ccc(S(=O)(=O)N2CCN(C(=O)C(=O)Nc3ccc(Sc4ccc(Br)cc4)cc3)CC2)cc1. The lowest BCUT2D eigenvalue weighted by Gasteiger charge is -2.33. The van der Waals surface area contributed by atoms with Crippen LogP contribution in [0.4, 0.5) is 5.69 Å². The molecular weight excluding hydrogens is 574 g/mol. The van der Waals surface area contributed by atoms with E-state index in [-0.39, 0.29) is 31.1 Å². The summed E-state index contributed by atoms with van der Waals surface area (Å²) >= 11 is 5.01. The summed E-state index contributed by atoms with van der Waals surface area (Å²) in [6.07, 6.45) is 0. The highest BCUT2D eigenvalue weighted by molar-refractivity contribution is 9.10. The lowest BCUT2D eigenvalue weighted by molar-refractivity contribution is -0.143. The number of piperazine rings is 1. The smallest absolute Gasteiger partial charge is 0.313 e. The number of carbonyl (C=O) groups is 2. The number of nitrogens with one attached hydrogen (secondary N) is 1. The first-order valence-electron chi connectivity index (χ1n) is 11.9. The van der Waals surface area contributed by atoms with E-state index in [1.807, 2.05) is 48.5 Å². The number of halogens is 1. The topological polar surface area (TPSA) is 86.8 Å². The van der Waals surface area contributed by atoms with Gasteiger partial charge in [0.05, 0.1) is 4.90 Å². The van der Waals surface area contributed by atoms with Gasteiger partial charge in [-0.15, -0.1) is 0 Å². The number of carbonyl (C=O) groups excluding carboxylic acids is 2. The summed E-state index contributed by atoms with van der Waals surface area (Å²) in [5, 5.41) is 2.64. The fraction of sp³-hybridized carbons (Fsp3) is 0.259. The average molecular weight is 603 g/mol. The molecule has 2 amide bonds. The molecule has 3 aromatic rings. The van der Waals surface area contributed by atoms with E-state index in [0.29, 0.717) is 11.6 Å². The molecule has 1 aliphatic rings. The fourth-order valence-corrected chi connectivity index (χ4v) is 6.38. The van der Waals surface area contributed by atoms with Crippen LogP contribution >= 0.6 is 27.7 Å². The highest BCUT2D eigenvalue weighted by atomic mass is 79.9. The van der Waals surface area contributed by atoms with Crippen molar-refractivity contribution in [2.24, 2.45) is 0 Å². The summed E-state index contributed by atoms with van der Waals surface area (Å²) in [5.74, 6) is -1.10. The maximum Gasteiger partial charge on any atom is 0.313 e. The zero-order chi connectivity index (χ0) is 26.6. The van der Waals surface area contributed by atoms with Crippen molar-refractivity contribution >= 4 is 55.2 Å². The van der Waals surface area contributed by atoms with Gasteiger partial charge in [0.15, 0.2) is 0 Å². The predicted molar refractivity (Wildman–Crippen MR) is 149 cm³/mol. The Kier molecular flexibility index (Phi) is 8.74. The van der Waals surface area contributed by atoms with Crippen LogP contribution in [-0.2, 0) is 19.6 Å². The molecule has 0 atom stereocenters. The molecule has 0 spiro atoms. The minimum Gasteiger partial charge on any atom is -0.332 e. The van der Waals surface area contributed by atoms with E-state index in [2.05, 4.69) is 35.1 Å². The van der Waals surface area contributed by atoms with Gasteiger partial charge in [0.25, 0.3) is 0 Å². The monoisotopic (exact) mass is 601 g/mol. The summed E-state index contributed by atoms with van der Waals surface area (Å²) in [7, 11) is -3.66. The molecule has 0 aliphatic carbocycles. The quantitative estimate of drug-likeness (QED) is 0.393. The maximum atomic E-state index is 13.0. The number of hydrogen-bond donors (Lipinski definition) is 1. The van der Waals surface area contributed by atoms with Gasteiger partial charge in [0, 0.05) is 46.1 Å². The first kappa shape index (κ1) is 27.4. The van der Waals surface area contributed by atoms with Gasteiger partial charge >= 0.3 is 11.8 Å². The highest BCUT2D eigenvalue weighted by Gasteiger charge is 2.32. The second-order valence-corrected chi connectivity index (χ2v) is 13.0. The molecule has 1 aliphatic heterocycles. The third kappa shape index (κ3) is 6.81. The Labute approximate surface area is 230 Å². The molecule has 194 valence electrons. The van der Waals surface area contributed by atoms with Gasteiger partial charge < -0.3 is 10.2 Å². The number of hydrogen-bond acceptors (Lipinski definition) is 5. The molecule has 0 radical (unpaired) electrons. The second-order valence-electron chi connectivity index (χ2n) is 8.95. The van der Waals surface area contributed by atoms with Crippen molar-refractivity contribution in [3.05, 3.63) is 82.8 Å². The minimum absolute atomic E-state index is 0.134. The van der Waals surface area contributed by atoms with Crippen LogP contribution < -0.4 is 5.32 Å². The van der Waals surface area contributed by atoms with Gasteiger partial charge in [-0.25, -0.2) is 8.42 Å². The van der Waals surface area contributed by atoms with Crippen LogP contribution in [0, 0.1) is 0 Å². The molecule has 4 rings (SSSR count). The van der Waals surface area contributed by atoms with Gasteiger partial charge in [-0.2, -0.15) is 4.31 Å². The van der Waals surface area contributed by atoms with E-state index in [4.69, 9.17) is 0 Å². The molecule has 37 heavy (non-hydrogen) atoms. The van der Waals surface area contributed by atoms with Crippen LogP contribution in [0.15, 0.2) is 92.0 Å². The van der Waals surface area contributed by atoms with Gasteiger partial charge in [-0.05, 0) is 72.1 Å². The van der Waals surface area contributed by atoms with Crippen LogP contribution in [0.2, 0.25) is 0 Å². The fourth-order valence-electron chi connectivity index (χ4n) is 3.88. The Bertz CT molecular complexity index is 1350. The Morgan fingerprint density at radius 3 is 1.92 bits per heavy atom. The van der Waals surface area contributed by atoms with Gasteiger partial charge in [0.2, 0.25) is 10.0 Å². The lowest BCUT2D eigenvalue weighted by Crippen LogP contribution is -2.52. The van der Waals surface area contributed by atoms with Crippen molar-refractivity contribution in [3.63, 3.8) is 0 Å². The summed E-state index contributed by atoms with van der Waals surface area (Å²) < 4.78 is 28.4. The van der Waals surface area contributed by atoms with E-state index < -0.39 is 21.8 Å². The molecule has 0 unspecified atom stereocenters. The minimum atomic E-state index is -3.66. The molecule has 1 heterocycles. The molecule has 0 saturated carbocycles. The van der Waals surface area contributed by atoms with Crippen molar-refractivity contribution in [2.75, 3.05) is 31.5 Å². The first-order valence-corrected chi connectivity index (χ1v) is 14.9. The maximum absolute atomic E-state index is 13.0. The second kappa shape index (κ2) is 11.8. The Morgan fingerprint density at radius 2 is 1.38 bits per heavy atom. The Balaban J connectivity index is 1.30. The van der Waals surface area contributed by atoms with E-state index in [0.717, 1.165) is 19.8 Å². The number of sulfonamides is 1. The normalized spacial score (nSPS) is 14.5.